The molecule has 0 radical (unpaired) electrons. The van der Waals surface area contributed by atoms with Crippen molar-refractivity contribution < 1.29 is 14.6 Å². The highest BCUT2D eigenvalue weighted by molar-refractivity contribution is 5.89. The number of likely N-dealkylation sites (tertiary alicyclic amines) is 1. The summed E-state index contributed by atoms with van der Waals surface area (Å²) < 4.78 is 5.65. The largest absolute Gasteiger partial charge is 0.391 e. The Hall–Kier alpha value is -0.650. The molecule has 0 spiro atoms. The Labute approximate surface area is 115 Å². The van der Waals surface area contributed by atoms with Crippen LogP contribution in [-0.4, -0.2) is 53.4 Å². The number of hydrogen-bond donors (Lipinski definition) is 2. The molecule has 3 N–H and O–H groups in total. The van der Waals surface area contributed by atoms with Crippen LogP contribution in [0.5, 0.6) is 0 Å². The maximum atomic E-state index is 12.6. The van der Waals surface area contributed by atoms with E-state index in [1.807, 2.05) is 20.8 Å². The van der Waals surface area contributed by atoms with Crippen molar-refractivity contribution in [3.8, 4) is 0 Å². The molecule has 3 atom stereocenters. The lowest BCUT2D eigenvalue weighted by Crippen LogP contribution is -2.76. The molecule has 1 amide bonds. The molecule has 1 saturated heterocycles. The van der Waals surface area contributed by atoms with E-state index in [4.69, 9.17) is 10.5 Å². The van der Waals surface area contributed by atoms with Gasteiger partial charge in [-0.05, 0) is 19.8 Å². The lowest BCUT2D eigenvalue weighted by atomic mass is 9.54. The standard InChI is InChI=1S/C14H26N2O3/c1-4-19-11-8-14(15,13(11,2)3)12(18)16-7-5-6-10(17)9-16/h10-11,17H,4-9,15H2,1-3H3/t10-,11?,14?/m0/s1. The first-order valence-electron chi connectivity index (χ1n) is 7.21. The van der Waals surface area contributed by atoms with Crippen LogP contribution in [-0.2, 0) is 9.53 Å². The molecule has 0 aromatic heterocycles. The summed E-state index contributed by atoms with van der Waals surface area (Å²) in [6.07, 6.45) is 1.82. The van der Waals surface area contributed by atoms with Crippen molar-refractivity contribution in [2.45, 2.75) is 57.8 Å². The minimum atomic E-state index is -0.857. The fourth-order valence-corrected chi connectivity index (χ4v) is 3.22. The SMILES string of the molecule is CCOC1CC(N)(C(=O)N2CCC[C@H](O)C2)C1(C)C. The normalized spacial score (nSPS) is 37.8. The number of rotatable bonds is 3. The average molecular weight is 270 g/mol. The number of piperidine rings is 1. The van der Waals surface area contributed by atoms with Crippen molar-refractivity contribution in [1.82, 2.24) is 4.90 Å². The quantitative estimate of drug-likeness (QED) is 0.783. The summed E-state index contributed by atoms with van der Waals surface area (Å²) in [7, 11) is 0. The maximum Gasteiger partial charge on any atom is 0.243 e. The molecule has 2 rings (SSSR count). The van der Waals surface area contributed by atoms with E-state index in [9.17, 15) is 9.90 Å². The Morgan fingerprint density at radius 1 is 1.53 bits per heavy atom. The first kappa shape index (κ1) is 14.8. The lowest BCUT2D eigenvalue weighted by molar-refractivity contribution is -0.181. The van der Waals surface area contributed by atoms with Crippen LogP contribution >= 0.6 is 0 Å². The van der Waals surface area contributed by atoms with Gasteiger partial charge in [0.05, 0.1) is 12.2 Å². The molecule has 5 nitrogen and oxygen atoms in total. The molecule has 1 heterocycles. The predicted molar refractivity (Wildman–Crippen MR) is 72.6 cm³/mol. The molecular formula is C14H26N2O3. The fourth-order valence-electron chi connectivity index (χ4n) is 3.22. The minimum absolute atomic E-state index is 0.0350. The number of aliphatic hydroxyl groups is 1. The second-order valence-electron chi connectivity index (χ2n) is 6.39. The number of aliphatic hydroxyl groups excluding tert-OH is 1. The Morgan fingerprint density at radius 3 is 2.74 bits per heavy atom. The van der Waals surface area contributed by atoms with Crippen molar-refractivity contribution in [3.05, 3.63) is 0 Å². The first-order valence-corrected chi connectivity index (χ1v) is 7.21. The molecule has 0 bridgehead atoms. The molecule has 1 aliphatic carbocycles. The van der Waals surface area contributed by atoms with Crippen LogP contribution in [0.25, 0.3) is 0 Å². The monoisotopic (exact) mass is 270 g/mol. The van der Waals surface area contributed by atoms with E-state index in [1.54, 1.807) is 4.90 Å². The Bertz CT molecular complexity index is 359. The van der Waals surface area contributed by atoms with Crippen molar-refractivity contribution in [3.63, 3.8) is 0 Å². The van der Waals surface area contributed by atoms with Gasteiger partial charge in [0.15, 0.2) is 0 Å². The predicted octanol–water partition coefficient (Wildman–Crippen LogP) is 0.502. The zero-order valence-electron chi connectivity index (χ0n) is 12.2. The van der Waals surface area contributed by atoms with E-state index in [0.29, 0.717) is 26.1 Å². The molecule has 1 aliphatic heterocycles. The topological polar surface area (TPSA) is 75.8 Å². The van der Waals surface area contributed by atoms with Crippen LogP contribution < -0.4 is 5.73 Å². The highest BCUT2D eigenvalue weighted by Gasteiger charge is 2.63. The van der Waals surface area contributed by atoms with Gasteiger partial charge in [-0.1, -0.05) is 13.8 Å². The zero-order valence-corrected chi connectivity index (χ0v) is 12.2. The molecule has 2 fully saturated rings. The second-order valence-corrected chi connectivity index (χ2v) is 6.39. The summed E-state index contributed by atoms with van der Waals surface area (Å²) in [5.41, 5.74) is 5.15. The molecule has 2 unspecified atom stereocenters. The molecule has 5 heteroatoms. The number of carbonyl (C=O) groups is 1. The van der Waals surface area contributed by atoms with E-state index in [1.165, 1.54) is 0 Å². The van der Waals surface area contributed by atoms with E-state index in [0.717, 1.165) is 12.8 Å². The molecule has 0 aromatic rings. The summed E-state index contributed by atoms with van der Waals surface area (Å²) >= 11 is 0. The zero-order chi connectivity index (χ0) is 14.3. The summed E-state index contributed by atoms with van der Waals surface area (Å²) in [6.45, 7) is 7.69. The molecular weight excluding hydrogens is 244 g/mol. The second kappa shape index (κ2) is 5.04. The number of nitrogens with two attached hydrogens (primary N) is 1. The summed E-state index contributed by atoms with van der Waals surface area (Å²) in [4.78, 5) is 14.4. The Balaban J connectivity index is 2.07. The van der Waals surface area contributed by atoms with Crippen LogP contribution in [0.2, 0.25) is 0 Å². The van der Waals surface area contributed by atoms with Crippen LogP contribution in [0.3, 0.4) is 0 Å². The third-order valence-electron chi connectivity index (χ3n) is 4.90. The van der Waals surface area contributed by atoms with Gasteiger partial charge in [0.1, 0.15) is 5.54 Å². The van der Waals surface area contributed by atoms with Crippen molar-refractivity contribution >= 4 is 5.91 Å². The van der Waals surface area contributed by atoms with Crippen LogP contribution in [0, 0.1) is 5.41 Å². The van der Waals surface area contributed by atoms with Gasteiger partial charge < -0.3 is 20.5 Å². The number of β-amino-alcohol motifs (C(OH)–C–C–N with tert-alkyl or cyclic N) is 1. The highest BCUT2D eigenvalue weighted by atomic mass is 16.5. The number of nitrogens with zero attached hydrogens (tertiary/aromatic N) is 1. The van der Waals surface area contributed by atoms with Gasteiger partial charge >= 0.3 is 0 Å². The van der Waals surface area contributed by atoms with Gasteiger partial charge in [0, 0.05) is 31.5 Å². The van der Waals surface area contributed by atoms with Gasteiger partial charge in [0.25, 0.3) is 0 Å². The lowest BCUT2D eigenvalue weighted by Gasteiger charge is -2.59. The van der Waals surface area contributed by atoms with Crippen molar-refractivity contribution in [1.29, 1.82) is 0 Å². The molecule has 2 aliphatic rings. The van der Waals surface area contributed by atoms with Gasteiger partial charge in [-0.25, -0.2) is 0 Å². The molecule has 19 heavy (non-hydrogen) atoms. The van der Waals surface area contributed by atoms with Crippen LogP contribution in [0.1, 0.15) is 40.0 Å². The maximum absolute atomic E-state index is 12.6. The molecule has 0 aromatic carbocycles. The smallest absolute Gasteiger partial charge is 0.243 e. The first-order chi connectivity index (χ1) is 8.83. The van der Waals surface area contributed by atoms with E-state index in [2.05, 4.69) is 0 Å². The van der Waals surface area contributed by atoms with Gasteiger partial charge in [0.2, 0.25) is 5.91 Å². The third kappa shape index (κ3) is 2.28. The minimum Gasteiger partial charge on any atom is -0.391 e. The number of ether oxygens (including phenoxy) is 1. The van der Waals surface area contributed by atoms with E-state index in [-0.39, 0.29) is 17.4 Å². The summed E-state index contributed by atoms with van der Waals surface area (Å²) in [6, 6.07) is 0. The average Bonchev–Trinajstić information content (AvgIpc) is 2.37. The highest BCUT2D eigenvalue weighted by Crippen LogP contribution is 2.50. The molecule has 110 valence electrons. The number of carbonyl (C=O) groups excluding carboxylic acids is 1. The number of hydrogen-bond acceptors (Lipinski definition) is 4. The van der Waals surface area contributed by atoms with Gasteiger partial charge in [-0.2, -0.15) is 0 Å². The van der Waals surface area contributed by atoms with Crippen LogP contribution in [0.15, 0.2) is 0 Å². The summed E-state index contributed by atoms with van der Waals surface area (Å²) in [5, 5.41) is 9.69. The Kier molecular flexibility index (Phi) is 3.91. The van der Waals surface area contributed by atoms with Gasteiger partial charge in [-0.15, -0.1) is 0 Å². The Morgan fingerprint density at radius 2 is 2.21 bits per heavy atom. The van der Waals surface area contributed by atoms with E-state index < -0.39 is 11.6 Å². The fraction of sp³-hybridized carbons (Fsp3) is 0.929. The van der Waals surface area contributed by atoms with E-state index >= 15 is 0 Å². The molecule has 1 saturated carbocycles. The number of amides is 1. The van der Waals surface area contributed by atoms with Crippen LogP contribution in [0.4, 0.5) is 0 Å². The third-order valence-corrected chi connectivity index (χ3v) is 4.90. The van der Waals surface area contributed by atoms with Crippen molar-refractivity contribution in [2.75, 3.05) is 19.7 Å². The van der Waals surface area contributed by atoms with Gasteiger partial charge in [-0.3, -0.25) is 4.79 Å². The van der Waals surface area contributed by atoms with Crippen molar-refractivity contribution in [2.24, 2.45) is 11.1 Å². The summed E-state index contributed by atoms with van der Waals surface area (Å²) in [5.74, 6) is -0.0350.